The molecule has 2 unspecified atom stereocenters. The van der Waals surface area contributed by atoms with Gasteiger partial charge in [-0.05, 0) is 25.5 Å². The molecule has 1 aromatic carbocycles. The molecule has 2 rings (SSSR count). The van der Waals surface area contributed by atoms with Crippen LogP contribution in [-0.4, -0.2) is 41.7 Å². The lowest BCUT2D eigenvalue weighted by atomic mass is 10.0. The van der Waals surface area contributed by atoms with Gasteiger partial charge in [-0.2, -0.15) is 8.78 Å². The van der Waals surface area contributed by atoms with Crippen LogP contribution in [0.2, 0.25) is 0 Å². The number of nitrogens with zero attached hydrogens (tertiary/aromatic N) is 1. The van der Waals surface area contributed by atoms with Gasteiger partial charge in [0.2, 0.25) is 0 Å². The summed E-state index contributed by atoms with van der Waals surface area (Å²) in [5.41, 5.74) is -0.926. The van der Waals surface area contributed by atoms with Crippen LogP contribution in [0.15, 0.2) is 12.1 Å². The van der Waals surface area contributed by atoms with Crippen LogP contribution in [0, 0.1) is 17.6 Å². The van der Waals surface area contributed by atoms with E-state index in [2.05, 4.69) is 4.74 Å². The zero-order valence-corrected chi connectivity index (χ0v) is 11.7. The summed E-state index contributed by atoms with van der Waals surface area (Å²) < 4.78 is 56.1. The number of aliphatic hydroxyl groups excluding tert-OH is 1. The Morgan fingerprint density at radius 3 is 2.64 bits per heavy atom. The number of aliphatic hydroxyl groups is 1. The van der Waals surface area contributed by atoms with Crippen molar-refractivity contribution in [2.75, 3.05) is 13.1 Å². The molecule has 0 bridgehead atoms. The second-order valence-corrected chi connectivity index (χ2v) is 5.15. The topological polar surface area (TPSA) is 49.8 Å². The van der Waals surface area contributed by atoms with Gasteiger partial charge in [0.05, 0.1) is 6.10 Å². The molecule has 1 fully saturated rings. The molecule has 0 aromatic heterocycles. The number of benzene rings is 1. The number of hydrogen-bond acceptors (Lipinski definition) is 3. The predicted molar refractivity (Wildman–Crippen MR) is 68.7 cm³/mol. The lowest BCUT2D eigenvalue weighted by Gasteiger charge is -2.19. The average molecular weight is 321 g/mol. The van der Waals surface area contributed by atoms with Crippen molar-refractivity contribution in [3.8, 4) is 5.75 Å². The largest absolute Gasteiger partial charge is 0.432 e. The van der Waals surface area contributed by atoms with Gasteiger partial charge in [-0.1, -0.05) is 0 Å². The van der Waals surface area contributed by atoms with Crippen molar-refractivity contribution in [1.29, 1.82) is 0 Å². The standard InChI is InChI=1S/C14H15F4NO3/c1-7(20)8-4-5-19(6-8)13(21)11-9(15)2-3-10(12(11)16)22-14(17)18/h2-3,7-8,14,20H,4-6H2,1H3. The summed E-state index contributed by atoms with van der Waals surface area (Å²) in [5, 5.41) is 9.49. The van der Waals surface area contributed by atoms with Crippen molar-refractivity contribution in [1.82, 2.24) is 4.90 Å². The quantitative estimate of drug-likeness (QED) is 0.867. The first-order valence-electron chi connectivity index (χ1n) is 6.71. The summed E-state index contributed by atoms with van der Waals surface area (Å²) >= 11 is 0. The molecule has 122 valence electrons. The number of halogens is 4. The summed E-state index contributed by atoms with van der Waals surface area (Å²) in [6, 6.07) is 1.41. The predicted octanol–water partition coefficient (Wildman–Crippen LogP) is 2.41. The van der Waals surface area contributed by atoms with E-state index in [-0.39, 0.29) is 19.0 Å². The van der Waals surface area contributed by atoms with Crippen LogP contribution in [0.3, 0.4) is 0 Å². The molecule has 1 amide bonds. The molecule has 4 nitrogen and oxygen atoms in total. The minimum absolute atomic E-state index is 0.148. The fraction of sp³-hybridized carbons (Fsp3) is 0.500. The van der Waals surface area contributed by atoms with E-state index >= 15 is 0 Å². The minimum Gasteiger partial charge on any atom is -0.432 e. The van der Waals surface area contributed by atoms with Crippen molar-refractivity contribution < 1.29 is 32.2 Å². The van der Waals surface area contributed by atoms with E-state index in [1.165, 1.54) is 4.90 Å². The van der Waals surface area contributed by atoms with Gasteiger partial charge in [0.15, 0.2) is 11.6 Å². The highest BCUT2D eigenvalue weighted by Crippen LogP contribution is 2.28. The molecule has 22 heavy (non-hydrogen) atoms. The van der Waals surface area contributed by atoms with E-state index in [1.54, 1.807) is 6.92 Å². The first-order valence-corrected chi connectivity index (χ1v) is 6.71. The molecule has 1 aliphatic rings. The van der Waals surface area contributed by atoms with Crippen LogP contribution in [0.25, 0.3) is 0 Å². The highest BCUT2D eigenvalue weighted by molar-refractivity contribution is 5.95. The van der Waals surface area contributed by atoms with Crippen molar-refractivity contribution >= 4 is 5.91 Å². The Labute approximate surface area is 124 Å². The molecule has 0 aliphatic carbocycles. The van der Waals surface area contributed by atoms with Gasteiger partial charge >= 0.3 is 6.61 Å². The second kappa shape index (κ2) is 6.51. The molecule has 0 radical (unpaired) electrons. The number of amides is 1. The molecule has 0 saturated carbocycles. The number of hydrogen-bond donors (Lipinski definition) is 1. The average Bonchev–Trinajstić information content (AvgIpc) is 2.91. The number of carbonyl (C=O) groups excluding carboxylic acids is 1. The lowest BCUT2D eigenvalue weighted by molar-refractivity contribution is -0.0523. The first-order chi connectivity index (χ1) is 10.3. The number of alkyl halides is 2. The number of rotatable bonds is 4. The maximum Gasteiger partial charge on any atom is 0.387 e. The van der Waals surface area contributed by atoms with Gasteiger partial charge in [0.1, 0.15) is 11.4 Å². The zero-order chi connectivity index (χ0) is 16.4. The molecule has 1 N–H and O–H groups in total. The summed E-state index contributed by atoms with van der Waals surface area (Å²) in [4.78, 5) is 13.4. The number of ether oxygens (including phenoxy) is 1. The van der Waals surface area contributed by atoms with E-state index < -0.39 is 41.6 Å². The second-order valence-electron chi connectivity index (χ2n) is 5.15. The monoisotopic (exact) mass is 321 g/mol. The van der Waals surface area contributed by atoms with Crippen molar-refractivity contribution in [3.05, 3.63) is 29.3 Å². The summed E-state index contributed by atoms with van der Waals surface area (Å²) in [6.45, 7) is -1.34. The first kappa shape index (κ1) is 16.5. The van der Waals surface area contributed by atoms with E-state index in [4.69, 9.17) is 0 Å². The Morgan fingerprint density at radius 2 is 2.09 bits per heavy atom. The number of carbonyl (C=O) groups is 1. The van der Waals surface area contributed by atoms with Gasteiger partial charge < -0.3 is 14.7 Å². The van der Waals surface area contributed by atoms with Gasteiger partial charge in [-0.15, -0.1) is 0 Å². The van der Waals surface area contributed by atoms with Crippen LogP contribution in [-0.2, 0) is 0 Å². The van der Waals surface area contributed by atoms with Crippen LogP contribution >= 0.6 is 0 Å². The molecule has 1 aliphatic heterocycles. The normalized spacial score (nSPS) is 19.6. The van der Waals surface area contributed by atoms with Gasteiger partial charge in [0, 0.05) is 19.0 Å². The Kier molecular flexibility index (Phi) is 4.90. The minimum atomic E-state index is -3.28. The molecule has 8 heteroatoms. The number of likely N-dealkylation sites (tertiary alicyclic amines) is 1. The molecule has 1 saturated heterocycles. The zero-order valence-electron chi connectivity index (χ0n) is 11.7. The highest BCUT2D eigenvalue weighted by Gasteiger charge is 2.33. The fourth-order valence-electron chi connectivity index (χ4n) is 2.44. The maximum absolute atomic E-state index is 14.1. The van der Waals surface area contributed by atoms with Crippen molar-refractivity contribution in [3.63, 3.8) is 0 Å². The third-order valence-corrected chi connectivity index (χ3v) is 3.68. The third kappa shape index (κ3) is 3.32. The Bertz CT molecular complexity index is 565. The van der Waals surface area contributed by atoms with E-state index in [1.807, 2.05) is 0 Å². The summed E-state index contributed by atoms with van der Waals surface area (Å²) in [7, 11) is 0. The SMILES string of the molecule is CC(O)C1CCN(C(=O)c2c(F)ccc(OC(F)F)c2F)C1. The van der Waals surface area contributed by atoms with Crippen LogP contribution < -0.4 is 4.74 Å². The summed E-state index contributed by atoms with van der Waals surface area (Å²) in [5.74, 6) is -4.62. The molecular formula is C14H15F4NO3. The van der Waals surface area contributed by atoms with Gasteiger partial charge in [-0.25, -0.2) is 8.78 Å². The van der Waals surface area contributed by atoms with Gasteiger partial charge in [-0.3, -0.25) is 4.79 Å². The third-order valence-electron chi connectivity index (χ3n) is 3.68. The Hall–Kier alpha value is -1.83. The lowest BCUT2D eigenvalue weighted by Crippen LogP contribution is -2.31. The van der Waals surface area contributed by atoms with Crippen LogP contribution in [0.4, 0.5) is 17.6 Å². The smallest absolute Gasteiger partial charge is 0.387 e. The highest BCUT2D eigenvalue weighted by atomic mass is 19.3. The molecular weight excluding hydrogens is 306 g/mol. The molecule has 1 heterocycles. The molecule has 2 atom stereocenters. The van der Waals surface area contributed by atoms with Crippen molar-refractivity contribution in [2.45, 2.75) is 26.1 Å². The Balaban J connectivity index is 2.26. The van der Waals surface area contributed by atoms with Gasteiger partial charge in [0.25, 0.3) is 5.91 Å². The van der Waals surface area contributed by atoms with E-state index in [0.29, 0.717) is 18.6 Å². The van der Waals surface area contributed by atoms with Crippen LogP contribution in [0.1, 0.15) is 23.7 Å². The van der Waals surface area contributed by atoms with Crippen molar-refractivity contribution in [2.24, 2.45) is 5.92 Å². The molecule has 0 spiro atoms. The van der Waals surface area contributed by atoms with Crippen LogP contribution in [0.5, 0.6) is 5.75 Å². The molecule has 1 aromatic rings. The Morgan fingerprint density at radius 1 is 1.41 bits per heavy atom. The summed E-state index contributed by atoms with van der Waals surface area (Å²) in [6.07, 6.45) is -0.152. The fourth-order valence-corrected chi connectivity index (χ4v) is 2.44. The maximum atomic E-state index is 14.1. The van der Waals surface area contributed by atoms with E-state index in [9.17, 15) is 27.5 Å². The van der Waals surface area contributed by atoms with E-state index in [0.717, 1.165) is 0 Å².